The van der Waals surface area contributed by atoms with E-state index in [1.165, 1.54) is 29.1 Å². The van der Waals surface area contributed by atoms with Gasteiger partial charge in [0.2, 0.25) is 0 Å². The molecule has 0 radical (unpaired) electrons. The number of likely N-dealkylation sites (tertiary alicyclic amines) is 1. The number of ether oxygens (including phenoxy) is 1. The second-order valence-electron chi connectivity index (χ2n) is 6.36. The highest BCUT2D eigenvalue weighted by molar-refractivity contribution is 9.10. The zero-order chi connectivity index (χ0) is 20.3. The third-order valence-electron chi connectivity index (χ3n) is 4.44. The minimum Gasteiger partial charge on any atom is -0.434 e. The van der Waals surface area contributed by atoms with Crippen LogP contribution < -0.4 is 10.1 Å². The summed E-state index contributed by atoms with van der Waals surface area (Å²) in [4.78, 5) is 27.3. The fourth-order valence-electron chi connectivity index (χ4n) is 3.10. The van der Waals surface area contributed by atoms with Crippen LogP contribution in [0, 0.1) is 0 Å². The molecule has 1 aliphatic rings. The lowest BCUT2D eigenvalue weighted by atomic mass is 10.1. The first kappa shape index (κ1) is 20.2. The molecule has 1 saturated heterocycles. The summed E-state index contributed by atoms with van der Waals surface area (Å²) in [7, 11) is 1.61. The Bertz CT molecular complexity index is 882. The van der Waals surface area contributed by atoms with Crippen LogP contribution in [-0.4, -0.2) is 46.2 Å². The number of alkyl halides is 2. The molecule has 0 bridgehead atoms. The maximum absolute atomic E-state index is 12.9. The third kappa shape index (κ3) is 4.49. The molecule has 1 aromatic carbocycles. The second kappa shape index (κ2) is 8.68. The van der Waals surface area contributed by atoms with Crippen LogP contribution in [0.4, 0.5) is 14.5 Å². The molecule has 3 rings (SSSR count). The average Bonchev–Trinajstić information content (AvgIpc) is 3.03. The van der Waals surface area contributed by atoms with Gasteiger partial charge in [-0.3, -0.25) is 14.3 Å². The molecule has 0 spiro atoms. The number of nitrogens with zero attached hydrogens (tertiary/aromatic N) is 3. The Morgan fingerprint density at radius 2 is 1.96 bits per heavy atom. The van der Waals surface area contributed by atoms with E-state index in [-0.39, 0.29) is 28.6 Å². The maximum Gasteiger partial charge on any atom is 0.387 e. The normalized spacial score (nSPS) is 14.2. The molecule has 0 atom stereocenters. The number of nitrogens with one attached hydrogen (secondary N) is 1. The molecule has 2 heterocycles. The Morgan fingerprint density at radius 3 is 2.64 bits per heavy atom. The van der Waals surface area contributed by atoms with E-state index in [0.29, 0.717) is 17.6 Å². The second-order valence-corrected chi connectivity index (χ2v) is 7.27. The Labute approximate surface area is 168 Å². The van der Waals surface area contributed by atoms with Crippen molar-refractivity contribution in [2.24, 2.45) is 7.05 Å². The van der Waals surface area contributed by atoms with Crippen molar-refractivity contribution in [1.29, 1.82) is 0 Å². The Balaban J connectivity index is 1.86. The molecule has 1 N–H and O–H groups in total. The monoisotopic (exact) mass is 456 g/mol. The minimum atomic E-state index is -3.07. The predicted octanol–water partition coefficient (Wildman–Crippen LogP) is 3.66. The molecule has 7 nitrogen and oxygen atoms in total. The van der Waals surface area contributed by atoms with Gasteiger partial charge in [0.05, 0.1) is 17.4 Å². The number of carbonyl (C=O) groups excluding carboxylic acids is 2. The molecule has 10 heteroatoms. The zero-order valence-electron chi connectivity index (χ0n) is 15.1. The van der Waals surface area contributed by atoms with Crippen molar-refractivity contribution >= 4 is 33.4 Å². The van der Waals surface area contributed by atoms with Crippen LogP contribution >= 0.6 is 15.9 Å². The number of hydrogen-bond acceptors (Lipinski definition) is 4. The highest BCUT2D eigenvalue weighted by Gasteiger charge is 2.26. The van der Waals surface area contributed by atoms with E-state index in [2.05, 4.69) is 31.1 Å². The standard InChI is InChI=1S/C18H19BrF2N4O3/c1-24-15(17(27)25-7-3-2-4-8-25)13(10-22-24)23-16(26)12-9-11(19)5-6-14(12)28-18(20)21/h5-6,9-10,18H,2-4,7-8H2,1H3,(H,23,26). The smallest absolute Gasteiger partial charge is 0.387 e. The number of aromatic nitrogens is 2. The van der Waals surface area contributed by atoms with Crippen LogP contribution in [0.25, 0.3) is 0 Å². The number of halogens is 3. The molecular weight excluding hydrogens is 438 g/mol. The Kier molecular flexibility index (Phi) is 6.28. The van der Waals surface area contributed by atoms with E-state index in [1.54, 1.807) is 11.9 Å². The van der Waals surface area contributed by atoms with Crippen molar-refractivity contribution < 1.29 is 23.1 Å². The van der Waals surface area contributed by atoms with Crippen LogP contribution in [0.1, 0.15) is 40.1 Å². The van der Waals surface area contributed by atoms with E-state index in [4.69, 9.17) is 0 Å². The van der Waals surface area contributed by atoms with Gasteiger partial charge < -0.3 is 15.0 Å². The summed E-state index contributed by atoms with van der Waals surface area (Å²) in [5.74, 6) is -1.17. The van der Waals surface area contributed by atoms with Crippen LogP contribution in [0.2, 0.25) is 0 Å². The summed E-state index contributed by atoms with van der Waals surface area (Å²) >= 11 is 3.21. The summed E-state index contributed by atoms with van der Waals surface area (Å²) in [5.41, 5.74) is 0.363. The number of amides is 2. The lowest BCUT2D eigenvalue weighted by Gasteiger charge is -2.27. The molecule has 0 aliphatic carbocycles. The topological polar surface area (TPSA) is 76.5 Å². The largest absolute Gasteiger partial charge is 0.434 e. The van der Waals surface area contributed by atoms with Gasteiger partial charge in [0.25, 0.3) is 11.8 Å². The van der Waals surface area contributed by atoms with Crippen molar-refractivity contribution in [2.45, 2.75) is 25.9 Å². The third-order valence-corrected chi connectivity index (χ3v) is 4.93. The first-order valence-electron chi connectivity index (χ1n) is 8.74. The molecule has 2 amide bonds. The van der Waals surface area contributed by atoms with Gasteiger partial charge in [-0.05, 0) is 37.5 Å². The van der Waals surface area contributed by atoms with Crippen molar-refractivity contribution in [1.82, 2.24) is 14.7 Å². The lowest BCUT2D eigenvalue weighted by molar-refractivity contribution is -0.0501. The number of hydrogen-bond donors (Lipinski definition) is 1. The van der Waals surface area contributed by atoms with Crippen molar-refractivity contribution in [3.05, 3.63) is 40.1 Å². The SMILES string of the molecule is Cn1ncc(NC(=O)c2cc(Br)ccc2OC(F)F)c1C(=O)N1CCCCC1. The van der Waals surface area contributed by atoms with Gasteiger partial charge >= 0.3 is 6.61 Å². The molecule has 28 heavy (non-hydrogen) atoms. The summed E-state index contributed by atoms with van der Waals surface area (Å²) in [6.45, 7) is -1.77. The Morgan fingerprint density at radius 1 is 1.25 bits per heavy atom. The molecule has 0 saturated carbocycles. The molecular formula is C18H19BrF2N4O3. The molecule has 1 aliphatic heterocycles. The van der Waals surface area contributed by atoms with Crippen LogP contribution in [-0.2, 0) is 7.05 Å². The van der Waals surface area contributed by atoms with E-state index in [0.717, 1.165) is 19.3 Å². The Hall–Kier alpha value is -2.49. The average molecular weight is 457 g/mol. The first-order chi connectivity index (χ1) is 13.4. The molecule has 1 fully saturated rings. The van der Waals surface area contributed by atoms with Gasteiger partial charge in [-0.1, -0.05) is 15.9 Å². The van der Waals surface area contributed by atoms with Crippen LogP contribution in [0.15, 0.2) is 28.9 Å². The van der Waals surface area contributed by atoms with Crippen LogP contribution in [0.5, 0.6) is 5.75 Å². The number of piperidine rings is 1. The number of benzene rings is 1. The lowest BCUT2D eigenvalue weighted by Crippen LogP contribution is -2.37. The summed E-state index contributed by atoms with van der Waals surface area (Å²) in [5, 5.41) is 6.65. The molecule has 2 aromatic rings. The zero-order valence-corrected chi connectivity index (χ0v) is 16.7. The van der Waals surface area contributed by atoms with E-state index in [1.807, 2.05) is 0 Å². The minimum absolute atomic E-state index is 0.0881. The van der Waals surface area contributed by atoms with Gasteiger partial charge in [-0.25, -0.2) is 0 Å². The predicted molar refractivity (Wildman–Crippen MR) is 102 cm³/mol. The van der Waals surface area contributed by atoms with Crippen molar-refractivity contribution in [2.75, 3.05) is 18.4 Å². The van der Waals surface area contributed by atoms with Gasteiger partial charge in [-0.2, -0.15) is 13.9 Å². The number of anilines is 1. The quantitative estimate of drug-likeness (QED) is 0.744. The highest BCUT2D eigenvalue weighted by atomic mass is 79.9. The van der Waals surface area contributed by atoms with E-state index in [9.17, 15) is 18.4 Å². The van der Waals surface area contributed by atoms with Crippen molar-refractivity contribution in [3.8, 4) is 5.75 Å². The van der Waals surface area contributed by atoms with Gasteiger partial charge in [0, 0.05) is 24.6 Å². The maximum atomic E-state index is 12.9. The van der Waals surface area contributed by atoms with Crippen molar-refractivity contribution in [3.63, 3.8) is 0 Å². The molecule has 150 valence electrons. The van der Waals surface area contributed by atoms with Gasteiger partial charge in [-0.15, -0.1) is 0 Å². The fourth-order valence-corrected chi connectivity index (χ4v) is 3.46. The van der Waals surface area contributed by atoms with Crippen LogP contribution in [0.3, 0.4) is 0 Å². The number of aryl methyl sites for hydroxylation is 1. The number of carbonyl (C=O) groups is 2. The highest BCUT2D eigenvalue weighted by Crippen LogP contribution is 2.27. The molecule has 1 aromatic heterocycles. The summed E-state index contributed by atoms with van der Waals surface area (Å²) < 4.78 is 31.6. The number of rotatable bonds is 5. The summed E-state index contributed by atoms with van der Waals surface area (Å²) in [6.07, 6.45) is 4.30. The summed E-state index contributed by atoms with van der Waals surface area (Å²) in [6, 6.07) is 4.13. The fraction of sp³-hybridized carbons (Fsp3) is 0.389. The van der Waals surface area contributed by atoms with Gasteiger partial charge in [0.1, 0.15) is 11.4 Å². The van der Waals surface area contributed by atoms with E-state index >= 15 is 0 Å². The molecule has 0 unspecified atom stereocenters. The first-order valence-corrected chi connectivity index (χ1v) is 9.53. The van der Waals surface area contributed by atoms with Gasteiger partial charge in [0.15, 0.2) is 0 Å². The van der Waals surface area contributed by atoms with E-state index < -0.39 is 12.5 Å².